The summed E-state index contributed by atoms with van der Waals surface area (Å²) in [5, 5.41) is 6.75. The van der Waals surface area contributed by atoms with E-state index in [9.17, 15) is 4.79 Å². The number of nitrogens with zero attached hydrogens (tertiary/aromatic N) is 2. The van der Waals surface area contributed by atoms with Gasteiger partial charge in [0, 0.05) is 42.3 Å². The van der Waals surface area contributed by atoms with Crippen molar-refractivity contribution in [1.29, 1.82) is 0 Å². The van der Waals surface area contributed by atoms with Gasteiger partial charge in [-0.2, -0.15) is 0 Å². The van der Waals surface area contributed by atoms with Crippen LogP contribution in [0.25, 0.3) is 0 Å². The summed E-state index contributed by atoms with van der Waals surface area (Å²) in [6.45, 7) is 0.963. The van der Waals surface area contributed by atoms with Gasteiger partial charge in [0.05, 0.1) is 0 Å². The molecule has 0 saturated heterocycles. The first-order valence-corrected chi connectivity index (χ1v) is 8.20. The number of rotatable bonds is 6. The molecule has 126 valence electrons. The predicted molar refractivity (Wildman–Crippen MR) is 98.4 cm³/mol. The quantitative estimate of drug-likeness (QED) is 0.710. The van der Waals surface area contributed by atoms with Crippen LogP contribution in [0.2, 0.25) is 5.02 Å². The third-order valence-corrected chi connectivity index (χ3v) is 3.98. The lowest BCUT2D eigenvalue weighted by atomic mass is 10.2. The SMILES string of the molecule is O=C(NCc1cccnc1)c1ccnc(NCc2ccccc2Cl)c1. The molecule has 0 aliphatic carbocycles. The highest BCUT2D eigenvalue weighted by molar-refractivity contribution is 6.31. The van der Waals surface area contributed by atoms with Crippen LogP contribution >= 0.6 is 11.6 Å². The van der Waals surface area contributed by atoms with E-state index in [1.165, 1.54) is 0 Å². The Morgan fingerprint density at radius 1 is 1.04 bits per heavy atom. The molecular weight excluding hydrogens is 336 g/mol. The number of halogens is 1. The summed E-state index contributed by atoms with van der Waals surface area (Å²) >= 11 is 6.14. The maximum absolute atomic E-state index is 12.3. The van der Waals surface area contributed by atoms with Crippen LogP contribution in [0.5, 0.6) is 0 Å². The second kappa shape index (κ2) is 8.26. The first kappa shape index (κ1) is 16.9. The van der Waals surface area contributed by atoms with E-state index in [-0.39, 0.29) is 5.91 Å². The lowest BCUT2D eigenvalue weighted by Crippen LogP contribution is -2.23. The van der Waals surface area contributed by atoms with Gasteiger partial charge < -0.3 is 10.6 Å². The van der Waals surface area contributed by atoms with E-state index in [1.807, 2.05) is 36.4 Å². The molecular formula is C19H17ClN4O. The van der Waals surface area contributed by atoms with Crippen molar-refractivity contribution in [2.24, 2.45) is 0 Å². The second-order valence-corrected chi connectivity index (χ2v) is 5.83. The molecule has 0 aliphatic rings. The fraction of sp³-hybridized carbons (Fsp3) is 0.105. The second-order valence-electron chi connectivity index (χ2n) is 5.42. The Balaban J connectivity index is 1.61. The summed E-state index contributed by atoms with van der Waals surface area (Å²) in [6, 6.07) is 14.7. The molecule has 5 nitrogen and oxygen atoms in total. The molecule has 25 heavy (non-hydrogen) atoms. The van der Waals surface area contributed by atoms with Gasteiger partial charge in [0.2, 0.25) is 0 Å². The molecule has 0 radical (unpaired) electrons. The fourth-order valence-corrected chi connectivity index (χ4v) is 2.49. The third-order valence-electron chi connectivity index (χ3n) is 3.62. The molecule has 2 N–H and O–H groups in total. The normalized spacial score (nSPS) is 10.3. The maximum Gasteiger partial charge on any atom is 0.251 e. The number of anilines is 1. The number of benzene rings is 1. The minimum absolute atomic E-state index is 0.160. The van der Waals surface area contributed by atoms with Gasteiger partial charge in [-0.1, -0.05) is 35.9 Å². The molecule has 6 heteroatoms. The van der Waals surface area contributed by atoms with Crippen molar-refractivity contribution in [2.45, 2.75) is 13.1 Å². The Morgan fingerprint density at radius 2 is 1.92 bits per heavy atom. The van der Waals surface area contributed by atoms with Crippen LogP contribution in [0.4, 0.5) is 5.82 Å². The van der Waals surface area contributed by atoms with Crippen LogP contribution in [0.1, 0.15) is 21.5 Å². The highest BCUT2D eigenvalue weighted by atomic mass is 35.5. The van der Waals surface area contributed by atoms with Crippen molar-refractivity contribution in [3.05, 3.63) is 88.8 Å². The van der Waals surface area contributed by atoms with Gasteiger partial charge in [0.25, 0.3) is 5.91 Å². The van der Waals surface area contributed by atoms with Gasteiger partial charge in [-0.3, -0.25) is 9.78 Å². The smallest absolute Gasteiger partial charge is 0.251 e. The topological polar surface area (TPSA) is 66.9 Å². The number of pyridine rings is 2. The van der Waals surface area contributed by atoms with Crippen LogP contribution in [0, 0.1) is 0 Å². The molecule has 2 aromatic heterocycles. The Hall–Kier alpha value is -2.92. The van der Waals surface area contributed by atoms with Crippen molar-refractivity contribution in [1.82, 2.24) is 15.3 Å². The van der Waals surface area contributed by atoms with Crippen LogP contribution in [0.3, 0.4) is 0 Å². The lowest BCUT2D eigenvalue weighted by Gasteiger charge is -2.09. The van der Waals surface area contributed by atoms with E-state index in [1.54, 1.807) is 30.7 Å². The van der Waals surface area contributed by atoms with Crippen molar-refractivity contribution in [3.8, 4) is 0 Å². The number of hydrogen-bond donors (Lipinski definition) is 2. The Morgan fingerprint density at radius 3 is 2.72 bits per heavy atom. The number of carbonyl (C=O) groups excluding carboxylic acids is 1. The van der Waals surface area contributed by atoms with Crippen LogP contribution in [0.15, 0.2) is 67.1 Å². The van der Waals surface area contributed by atoms with Gasteiger partial charge in [-0.15, -0.1) is 0 Å². The van der Waals surface area contributed by atoms with Crippen LogP contribution in [-0.4, -0.2) is 15.9 Å². The zero-order valence-electron chi connectivity index (χ0n) is 13.4. The number of amides is 1. The van der Waals surface area contributed by atoms with Crippen molar-refractivity contribution in [3.63, 3.8) is 0 Å². The molecule has 0 unspecified atom stereocenters. The van der Waals surface area contributed by atoms with Crippen molar-refractivity contribution in [2.75, 3.05) is 5.32 Å². The van der Waals surface area contributed by atoms with Crippen molar-refractivity contribution < 1.29 is 4.79 Å². The summed E-state index contributed by atoms with van der Waals surface area (Å²) in [5.74, 6) is 0.459. The fourth-order valence-electron chi connectivity index (χ4n) is 2.28. The number of aromatic nitrogens is 2. The lowest BCUT2D eigenvalue weighted by molar-refractivity contribution is 0.0951. The van der Waals surface area contributed by atoms with Gasteiger partial charge >= 0.3 is 0 Å². The maximum atomic E-state index is 12.3. The van der Waals surface area contributed by atoms with E-state index in [0.717, 1.165) is 11.1 Å². The van der Waals surface area contributed by atoms with Crippen molar-refractivity contribution >= 4 is 23.3 Å². The van der Waals surface area contributed by atoms with Crippen LogP contribution < -0.4 is 10.6 Å². The molecule has 0 atom stereocenters. The number of nitrogens with one attached hydrogen (secondary N) is 2. The predicted octanol–water partition coefficient (Wildman–Crippen LogP) is 3.67. The molecule has 2 heterocycles. The molecule has 0 bridgehead atoms. The molecule has 3 rings (SSSR count). The van der Waals surface area contributed by atoms with E-state index >= 15 is 0 Å². The molecule has 0 fully saturated rings. The average molecular weight is 353 g/mol. The van der Waals surface area contributed by atoms with E-state index < -0.39 is 0 Å². The summed E-state index contributed by atoms with van der Waals surface area (Å²) in [6.07, 6.45) is 5.03. The summed E-state index contributed by atoms with van der Waals surface area (Å²) < 4.78 is 0. The molecule has 1 amide bonds. The molecule has 0 saturated carbocycles. The zero-order valence-corrected chi connectivity index (χ0v) is 14.2. The molecule has 0 aliphatic heterocycles. The number of hydrogen-bond acceptors (Lipinski definition) is 4. The monoisotopic (exact) mass is 352 g/mol. The first-order chi connectivity index (χ1) is 12.2. The first-order valence-electron chi connectivity index (χ1n) is 7.83. The Labute approximate surface area is 151 Å². The minimum Gasteiger partial charge on any atom is -0.366 e. The van der Waals surface area contributed by atoms with Gasteiger partial charge in [-0.05, 0) is 35.4 Å². The largest absolute Gasteiger partial charge is 0.366 e. The Bertz CT molecular complexity index is 855. The highest BCUT2D eigenvalue weighted by Gasteiger charge is 2.07. The highest BCUT2D eigenvalue weighted by Crippen LogP contribution is 2.16. The van der Waals surface area contributed by atoms with E-state index in [0.29, 0.717) is 29.5 Å². The summed E-state index contributed by atoms with van der Waals surface area (Å²) in [4.78, 5) is 20.6. The minimum atomic E-state index is -0.160. The summed E-state index contributed by atoms with van der Waals surface area (Å²) in [7, 11) is 0. The van der Waals surface area contributed by atoms with Crippen LogP contribution in [-0.2, 0) is 13.1 Å². The summed E-state index contributed by atoms with van der Waals surface area (Å²) in [5.41, 5.74) is 2.46. The van der Waals surface area contributed by atoms with Gasteiger partial charge in [-0.25, -0.2) is 4.98 Å². The van der Waals surface area contributed by atoms with E-state index in [4.69, 9.17) is 11.6 Å². The average Bonchev–Trinajstić information content (AvgIpc) is 2.66. The zero-order chi connectivity index (χ0) is 17.5. The van der Waals surface area contributed by atoms with Gasteiger partial charge in [0.1, 0.15) is 5.82 Å². The van der Waals surface area contributed by atoms with E-state index in [2.05, 4.69) is 20.6 Å². The molecule has 1 aromatic carbocycles. The molecule has 0 spiro atoms. The Kier molecular flexibility index (Phi) is 5.59. The van der Waals surface area contributed by atoms with Gasteiger partial charge in [0.15, 0.2) is 0 Å². The molecule has 3 aromatic rings. The third kappa shape index (κ3) is 4.78. The standard InChI is InChI=1S/C19H17ClN4O/c20-17-6-2-1-5-16(17)13-23-18-10-15(7-9-22-18)19(25)24-12-14-4-3-8-21-11-14/h1-11H,12-13H2,(H,22,23)(H,24,25). The number of carbonyl (C=O) groups is 1.